The van der Waals surface area contributed by atoms with Crippen LogP contribution in [0.3, 0.4) is 0 Å². The normalized spacial score (nSPS) is 15.7. The first-order chi connectivity index (χ1) is 26.9. The molecule has 286 valence electrons. The van der Waals surface area contributed by atoms with Crippen LogP contribution < -0.4 is 10.1 Å². The SMILES string of the molecule is C=C1CCC(N2C(=O)c3ccc(OCCOCCOCCOCCOCCCc4ccc(-c5ccc6c7cnccc7n(C)c6c5)cn4)cc3C2=O)C(=O)N1. The van der Waals surface area contributed by atoms with Gasteiger partial charge >= 0.3 is 0 Å². The summed E-state index contributed by atoms with van der Waals surface area (Å²) in [4.78, 5) is 48.3. The summed E-state index contributed by atoms with van der Waals surface area (Å²) >= 11 is 0. The fraction of sp³-hybridized carbons (Fsp3) is 0.357. The third kappa shape index (κ3) is 8.76. The van der Waals surface area contributed by atoms with Crippen molar-refractivity contribution in [3.05, 3.63) is 102 Å². The maximum Gasteiger partial charge on any atom is 0.262 e. The molecular weight excluding hydrogens is 702 g/mol. The van der Waals surface area contributed by atoms with Gasteiger partial charge in [0.2, 0.25) is 5.91 Å². The van der Waals surface area contributed by atoms with Gasteiger partial charge in [-0.1, -0.05) is 24.8 Å². The number of ether oxygens (including phenoxy) is 5. The molecule has 0 saturated carbocycles. The molecule has 3 amide bonds. The van der Waals surface area contributed by atoms with Crippen molar-refractivity contribution in [2.24, 2.45) is 7.05 Å². The van der Waals surface area contributed by atoms with Crippen LogP contribution in [0.5, 0.6) is 5.75 Å². The molecule has 5 aromatic rings. The summed E-state index contributed by atoms with van der Waals surface area (Å²) in [6.07, 6.45) is 8.27. The number of rotatable bonds is 19. The number of hydrogen-bond donors (Lipinski definition) is 1. The van der Waals surface area contributed by atoms with E-state index in [4.69, 9.17) is 28.7 Å². The highest BCUT2D eigenvalue weighted by atomic mass is 16.6. The quantitative estimate of drug-likeness (QED) is 0.0879. The van der Waals surface area contributed by atoms with Crippen LogP contribution in [0, 0.1) is 0 Å². The van der Waals surface area contributed by atoms with Crippen LogP contribution in [-0.2, 0) is 37.2 Å². The number of carbonyl (C=O) groups is 3. The van der Waals surface area contributed by atoms with Gasteiger partial charge in [-0.15, -0.1) is 0 Å². The first-order valence-corrected chi connectivity index (χ1v) is 18.6. The summed E-state index contributed by atoms with van der Waals surface area (Å²) < 4.78 is 30.4. The predicted octanol–water partition coefficient (Wildman–Crippen LogP) is 5.25. The zero-order chi connectivity index (χ0) is 38.1. The van der Waals surface area contributed by atoms with Crippen LogP contribution in [0.25, 0.3) is 32.9 Å². The molecule has 13 heteroatoms. The van der Waals surface area contributed by atoms with Gasteiger partial charge in [-0.3, -0.25) is 29.3 Å². The molecule has 2 aromatic carbocycles. The maximum absolute atomic E-state index is 13.0. The molecule has 1 atom stereocenters. The number of benzene rings is 2. The van der Waals surface area contributed by atoms with Crippen molar-refractivity contribution in [3.8, 4) is 16.9 Å². The van der Waals surface area contributed by atoms with Crippen molar-refractivity contribution < 1.29 is 38.1 Å². The number of pyridine rings is 2. The number of imide groups is 1. The average molecular weight is 748 g/mol. The Hall–Kier alpha value is -5.47. The van der Waals surface area contributed by atoms with Gasteiger partial charge in [0.05, 0.1) is 62.9 Å². The van der Waals surface area contributed by atoms with E-state index in [0.717, 1.165) is 39.9 Å². The van der Waals surface area contributed by atoms with Crippen LogP contribution in [-0.4, -0.2) is 103 Å². The lowest BCUT2D eigenvalue weighted by Crippen LogP contribution is -2.51. The van der Waals surface area contributed by atoms with Crippen molar-refractivity contribution in [1.82, 2.24) is 24.8 Å². The van der Waals surface area contributed by atoms with Crippen molar-refractivity contribution in [1.29, 1.82) is 0 Å². The van der Waals surface area contributed by atoms with E-state index in [-0.39, 0.29) is 17.7 Å². The van der Waals surface area contributed by atoms with Gasteiger partial charge in [0.1, 0.15) is 18.4 Å². The summed E-state index contributed by atoms with van der Waals surface area (Å²) in [7, 11) is 2.09. The highest BCUT2D eigenvalue weighted by molar-refractivity contribution is 6.23. The number of piperidine rings is 1. The van der Waals surface area contributed by atoms with E-state index >= 15 is 0 Å². The van der Waals surface area contributed by atoms with Gasteiger partial charge in [-0.25, -0.2) is 0 Å². The minimum Gasteiger partial charge on any atom is -0.491 e. The van der Waals surface area contributed by atoms with Gasteiger partial charge < -0.3 is 33.6 Å². The molecule has 1 saturated heterocycles. The smallest absolute Gasteiger partial charge is 0.262 e. The van der Waals surface area contributed by atoms with Crippen LogP contribution in [0.2, 0.25) is 0 Å². The Balaban J connectivity index is 0.693. The Kier molecular flexibility index (Phi) is 12.2. The minimum atomic E-state index is -0.850. The molecule has 5 heterocycles. The molecule has 55 heavy (non-hydrogen) atoms. The Morgan fingerprint density at radius 1 is 0.745 bits per heavy atom. The van der Waals surface area contributed by atoms with E-state index in [1.807, 2.05) is 24.7 Å². The molecule has 3 aromatic heterocycles. The van der Waals surface area contributed by atoms with Crippen molar-refractivity contribution in [2.75, 3.05) is 59.5 Å². The zero-order valence-electron chi connectivity index (χ0n) is 31.0. The summed E-state index contributed by atoms with van der Waals surface area (Å²) in [5.74, 6) is -0.933. The van der Waals surface area contributed by atoms with E-state index in [2.05, 4.69) is 58.8 Å². The molecular formula is C42H45N5O8. The number of fused-ring (bicyclic) bond motifs is 4. The minimum absolute atomic E-state index is 0.226. The number of carbonyl (C=O) groups excluding carboxylic acids is 3. The number of allylic oxidation sites excluding steroid dienone is 1. The summed E-state index contributed by atoms with van der Waals surface area (Å²) in [5.41, 5.74) is 6.68. The Bertz CT molecular complexity index is 2180. The molecule has 0 spiro atoms. The zero-order valence-corrected chi connectivity index (χ0v) is 31.0. The fourth-order valence-corrected chi connectivity index (χ4v) is 6.93. The molecule has 1 unspecified atom stereocenters. The van der Waals surface area contributed by atoms with Crippen LogP contribution in [0.4, 0.5) is 0 Å². The number of nitrogens with zero attached hydrogens (tertiary/aromatic N) is 4. The molecule has 2 aliphatic heterocycles. The third-order valence-electron chi connectivity index (χ3n) is 9.82. The first-order valence-electron chi connectivity index (χ1n) is 18.6. The number of aryl methyl sites for hydroxylation is 2. The van der Waals surface area contributed by atoms with Gasteiger partial charge in [0.15, 0.2) is 0 Å². The predicted molar refractivity (Wildman–Crippen MR) is 206 cm³/mol. The molecule has 7 rings (SSSR count). The van der Waals surface area contributed by atoms with E-state index in [1.54, 1.807) is 12.1 Å². The Morgan fingerprint density at radius 3 is 2.18 bits per heavy atom. The van der Waals surface area contributed by atoms with Crippen LogP contribution in [0.15, 0.2) is 85.5 Å². The van der Waals surface area contributed by atoms with Crippen molar-refractivity contribution >= 4 is 39.5 Å². The molecule has 1 N–H and O–H groups in total. The molecule has 13 nitrogen and oxygen atoms in total. The van der Waals surface area contributed by atoms with Crippen LogP contribution in [0.1, 0.15) is 45.7 Å². The third-order valence-corrected chi connectivity index (χ3v) is 9.82. The summed E-state index contributed by atoms with van der Waals surface area (Å²) in [6, 6.07) is 16.7. The van der Waals surface area contributed by atoms with Gasteiger partial charge in [-0.05, 0) is 67.6 Å². The summed E-state index contributed by atoms with van der Waals surface area (Å²) in [6.45, 7) is 7.70. The van der Waals surface area contributed by atoms with Crippen molar-refractivity contribution in [3.63, 3.8) is 0 Å². The Labute approximate surface area is 319 Å². The number of aromatic nitrogens is 3. The maximum atomic E-state index is 13.0. The highest BCUT2D eigenvalue weighted by Crippen LogP contribution is 2.32. The standard InChI is InChI=1S/C42H45N5O8/c1-28-5-12-38(40(48)45-28)47-41(49)34-11-9-32(25-35(34)42(47)50)55-23-22-54-21-20-53-19-18-52-17-16-51-15-3-4-31-8-6-30(26-44-31)29-7-10-33-36-27-43-14-13-37(36)46(2)39(33)24-29/h6-11,13-14,24-27,38H,1,3-5,12,15-23H2,2H3,(H,45,48). The molecule has 1 fully saturated rings. The Morgan fingerprint density at radius 2 is 1.45 bits per heavy atom. The highest BCUT2D eigenvalue weighted by Gasteiger charge is 2.44. The van der Waals surface area contributed by atoms with E-state index in [9.17, 15) is 14.4 Å². The second-order valence-corrected chi connectivity index (χ2v) is 13.5. The van der Waals surface area contributed by atoms with Gasteiger partial charge in [0, 0.05) is 65.5 Å². The number of amides is 3. The second-order valence-electron chi connectivity index (χ2n) is 13.5. The molecule has 0 radical (unpaired) electrons. The van der Waals surface area contributed by atoms with Gasteiger partial charge in [0.25, 0.3) is 11.8 Å². The topological polar surface area (TPSA) is 143 Å². The van der Waals surface area contributed by atoms with E-state index in [0.29, 0.717) is 77.1 Å². The lowest BCUT2D eigenvalue weighted by atomic mass is 10.0. The average Bonchev–Trinajstić information content (AvgIpc) is 3.62. The molecule has 0 bridgehead atoms. The monoisotopic (exact) mass is 747 g/mol. The van der Waals surface area contributed by atoms with Crippen molar-refractivity contribution in [2.45, 2.75) is 31.7 Å². The van der Waals surface area contributed by atoms with Gasteiger partial charge in [-0.2, -0.15) is 0 Å². The largest absolute Gasteiger partial charge is 0.491 e. The first kappa shape index (κ1) is 37.8. The lowest BCUT2D eigenvalue weighted by molar-refractivity contribution is -0.125. The van der Waals surface area contributed by atoms with Crippen LogP contribution >= 0.6 is 0 Å². The molecule has 2 aliphatic rings. The molecule has 0 aliphatic carbocycles. The second kappa shape index (κ2) is 17.8. The van der Waals surface area contributed by atoms with E-state index < -0.39 is 23.8 Å². The fourth-order valence-electron chi connectivity index (χ4n) is 6.93. The summed E-state index contributed by atoms with van der Waals surface area (Å²) in [5, 5.41) is 4.99. The number of nitrogens with one attached hydrogen (secondary N) is 1. The van der Waals surface area contributed by atoms with E-state index in [1.165, 1.54) is 22.5 Å². The lowest BCUT2D eigenvalue weighted by Gasteiger charge is -2.29. The number of hydrogen-bond acceptors (Lipinski definition) is 10.